The summed E-state index contributed by atoms with van der Waals surface area (Å²) in [5.41, 5.74) is 4.93. The molecule has 2 N–H and O–H groups in total. The van der Waals surface area contributed by atoms with E-state index in [0.717, 1.165) is 6.54 Å². The molecule has 0 saturated heterocycles. The molecule has 0 bridgehead atoms. The van der Waals surface area contributed by atoms with Crippen molar-refractivity contribution in [1.82, 2.24) is 4.90 Å². The molecule has 0 aromatic carbocycles. The zero-order valence-corrected chi connectivity index (χ0v) is 8.92. The molecule has 1 rings (SSSR count). The standard InChI is InChI=1S/C11H18N2O/c1-4-7-13(8-9-5-6-9)10(14)11(2,3)12/h1,9H,5-8,12H2,2-3H3. The van der Waals surface area contributed by atoms with Crippen molar-refractivity contribution in [1.29, 1.82) is 0 Å². The van der Waals surface area contributed by atoms with E-state index in [1.807, 2.05) is 0 Å². The van der Waals surface area contributed by atoms with Gasteiger partial charge in [-0.05, 0) is 32.6 Å². The molecule has 78 valence electrons. The molecule has 0 heterocycles. The van der Waals surface area contributed by atoms with Crippen LogP contribution in [0.5, 0.6) is 0 Å². The lowest BCUT2D eigenvalue weighted by Gasteiger charge is -2.27. The second-order valence-corrected chi connectivity index (χ2v) is 4.55. The van der Waals surface area contributed by atoms with Crippen LogP contribution in [-0.4, -0.2) is 29.4 Å². The van der Waals surface area contributed by atoms with Crippen molar-refractivity contribution in [3.8, 4) is 12.3 Å². The van der Waals surface area contributed by atoms with Crippen molar-refractivity contribution in [2.75, 3.05) is 13.1 Å². The Morgan fingerprint density at radius 1 is 1.64 bits per heavy atom. The summed E-state index contributed by atoms with van der Waals surface area (Å²) >= 11 is 0. The molecule has 0 aromatic heterocycles. The number of nitrogens with two attached hydrogens (primary N) is 1. The monoisotopic (exact) mass is 194 g/mol. The van der Waals surface area contributed by atoms with Crippen LogP contribution in [-0.2, 0) is 4.79 Å². The van der Waals surface area contributed by atoms with E-state index in [4.69, 9.17) is 12.2 Å². The van der Waals surface area contributed by atoms with Crippen molar-refractivity contribution in [2.24, 2.45) is 11.7 Å². The van der Waals surface area contributed by atoms with Crippen LogP contribution in [0.4, 0.5) is 0 Å². The molecule has 1 saturated carbocycles. The molecule has 14 heavy (non-hydrogen) atoms. The molecule has 0 spiro atoms. The molecule has 0 atom stereocenters. The third-order valence-corrected chi connectivity index (χ3v) is 2.30. The van der Waals surface area contributed by atoms with Gasteiger partial charge in [-0.2, -0.15) is 0 Å². The van der Waals surface area contributed by atoms with Crippen LogP contribution in [0.1, 0.15) is 26.7 Å². The molecule has 1 fully saturated rings. The maximum atomic E-state index is 11.8. The highest BCUT2D eigenvalue weighted by Crippen LogP contribution is 2.30. The van der Waals surface area contributed by atoms with Crippen LogP contribution >= 0.6 is 0 Å². The van der Waals surface area contributed by atoms with Crippen LogP contribution in [0.15, 0.2) is 0 Å². The van der Waals surface area contributed by atoms with Gasteiger partial charge in [0.15, 0.2) is 0 Å². The lowest BCUT2D eigenvalue weighted by atomic mass is 10.1. The molecule has 1 amide bonds. The predicted octanol–water partition coefficient (Wildman–Crippen LogP) is 0.596. The highest BCUT2D eigenvalue weighted by molar-refractivity contribution is 5.85. The van der Waals surface area contributed by atoms with Gasteiger partial charge in [0, 0.05) is 6.54 Å². The SMILES string of the molecule is C#CCN(CC1CC1)C(=O)C(C)(C)N. The average Bonchev–Trinajstić information content (AvgIpc) is 2.84. The van der Waals surface area contributed by atoms with Gasteiger partial charge < -0.3 is 10.6 Å². The van der Waals surface area contributed by atoms with Crippen molar-refractivity contribution < 1.29 is 4.79 Å². The fraction of sp³-hybridized carbons (Fsp3) is 0.727. The fourth-order valence-corrected chi connectivity index (χ4v) is 1.35. The average molecular weight is 194 g/mol. The van der Waals surface area contributed by atoms with Crippen LogP contribution < -0.4 is 5.73 Å². The first-order valence-electron chi connectivity index (χ1n) is 4.97. The summed E-state index contributed by atoms with van der Waals surface area (Å²) in [7, 11) is 0. The summed E-state index contributed by atoms with van der Waals surface area (Å²) in [5.74, 6) is 3.10. The van der Waals surface area contributed by atoms with Crippen molar-refractivity contribution in [3.63, 3.8) is 0 Å². The van der Waals surface area contributed by atoms with Gasteiger partial charge in [-0.15, -0.1) is 6.42 Å². The van der Waals surface area contributed by atoms with Crippen molar-refractivity contribution >= 4 is 5.91 Å². The lowest BCUT2D eigenvalue weighted by Crippen LogP contribution is -2.51. The topological polar surface area (TPSA) is 46.3 Å². The molecule has 0 aromatic rings. The zero-order chi connectivity index (χ0) is 10.8. The Kier molecular flexibility index (Phi) is 3.17. The minimum atomic E-state index is -0.814. The Balaban J connectivity index is 2.56. The van der Waals surface area contributed by atoms with E-state index < -0.39 is 5.54 Å². The van der Waals surface area contributed by atoms with Crippen LogP contribution in [0, 0.1) is 18.3 Å². The lowest BCUT2D eigenvalue weighted by molar-refractivity contribution is -0.135. The predicted molar refractivity (Wildman–Crippen MR) is 56.4 cm³/mol. The molecule has 3 nitrogen and oxygen atoms in total. The van der Waals surface area contributed by atoms with Gasteiger partial charge in [-0.1, -0.05) is 5.92 Å². The van der Waals surface area contributed by atoms with E-state index in [2.05, 4.69) is 5.92 Å². The smallest absolute Gasteiger partial charge is 0.242 e. The first-order valence-corrected chi connectivity index (χ1v) is 4.97. The van der Waals surface area contributed by atoms with Gasteiger partial charge in [0.05, 0.1) is 12.1 Å². The second-order valence-electron chi connectivity index (χ2n) is 4.55. The first kappa shape index (κ1) is 11.1. The van der Waals surface area contributed by atoms with Crippen LogP contribution in [0.2, 0.25) is 0 Å². The number of hydrogen-bond acceptors (Lipinski definition) is 2. The molecule has 0 aliphatic heterocycles. The highest BCUT2D eigenvalue weighted by Gasteiger charge is 2.31. The maximum Gasteiger partial charge on any atom is 0.242 e. The largest absolute Gasteiger partial charge is 0.330 e. The van der Waals surface area contributed by atoms with E-state index in [-0.39, 0.29) is 5.91 Å². The highest BCUT2D eigenvalue weighted by atomic mass is 16.2. The Labute approximate surface area is 85.6 Å². The Morgan fingerprint density at radius 2 is 2.21 bits per heavy atom. The third kappa shape index (κ3) is 3.04. The third-order valence-electron chi connectivity index (χ3n) is 2.30. The maximum absolute atomic E-state index is 11.8. The first-order chi connectivity index (χ1) is 6.45. The van der Waals surface area contributed by atoms with Crippen LogP contribution in [0.3, 0.4) is 0 Å². The molecule has 1 aliphatic rings. The normalized spacial score (nSPS) is 16.1. The molecular weight excluding hydrogens is 176 g/mol. The van der Waals surface area contributed by atoms with Gasteiger partial charge in [-0.25, -0.2) is 0 Å². The van der Waals surface area contributed by atoms with Crippen molar-refractivity contribution in [2.45, 2.75) is 32.2 Å². The Hall–Kier alpha value is -1.01. The fourth-order valence-electron chi connectivity index (χ4n) is 1.35. The number of carbonyl (C=O) groups excluding carboxylic acids is 1. The number of terminal acetylenes is 1. The summed E-state index contributed by atoms with van der Waals surface area (Å²) in [5, 5.41) is 0. The summed E-state index contributed by atoms with van der Waals surface area (Å²) in [6, 6.07) is 0. The summed E-state index contributed by atoms with van der Waals surface area (Å²) in [6.07, 6.45) is 7.64. The number of rotatable bonds is 4. The number of carbonyl (C=O) groups is 1. The van der Waals surface area contributed by atoms with Gasteiger partial charge in [0.2, 0.25) is 5.91 Å². The summed E-state index contributed by atoms with van der Waals surface area (Å²) in [4.78, 5) is 13.5. The van der Waals surface area contributed by atoms with E-state index in [1.165, 1.54) is 12.8 Å². The summed E-state index contributed by atoms with van der Waals surface area (Å²) in [6.45, 7) is 4.57. The molecule has 0 unspecified atom stereocenters. The molecule has 3 heteroatoms. The minimum Gasteiger partial charge on any atom is -0.330 e. The van der Waals surface area contributed by atoms with E-state index in [9.17, 15) is 4.79 Å². The second kappa shape index (κ2) is 4.02. The van der Waals surface area contributed by atoms with Gasteiger partial charge in [0.1, 0.15) is 0 Å². The van der Waals surface area contributed by atoms with Gasteiger partial charge in [0.25, 0.3) is 0 Å². The molecular formula is C11H18N2O. The van der Waals surface area contributed by atoms with E-state index >= 15 is 0 Å². The number of amides is 1. The Morgan fingerprint density at radius 3 is 2.57 bits per heavy atom. The number of hydrogen-bond donors (Lipinski definition) is 1. The van der Waals surface area contributed by atoms with Gasteiger partial charge in [-0.3, -0.25) is 4.79 Å². The van der Waals surface area contributed by atoms with E-state index in [1.54, 1.807) is 18.7 Å². The summed E-state index contributed by atoms with van der Waals surface area (Å²) < 4.78 is 0. The number of nitrogens with zero attached hydrogens (tertiary/aromatic N) is 1. The van der Waals surface area contributed by atoms with Crippen molar-refractivity contribution in [3.05, 3.63) is 0 Å². The zero-order valence-electron chi connectivity index (χ0n) is 8.92. The Bertz CT molecular complexity index is 255. The minimum absolute atomic E-state index is 0.0534. The van der Waals surface area contributed by atoms with E-state index in [0.29, 0.717) is 12.5 Å². The van der Waals surface area contributed by atoms with Crippen LogP contribution in [0.25, 0.3) is 0 Å². The molecule has 1 aliphatic carbocycles. The molecule has 0 radical (unpaired) electrons. The van der Waals surface area contributed by atoms with Gasteiger partial charge >= 0.3 is 0 Å². The quantitative estimate of drug-likeness (QED) is 0.666.